The molecule has 1 aromatic rings. The lowest BCUT2D eigenvalue weighted by molar-refractivity contribution is 0.311. The van der Waals surface area contributed by atoms with Gasteiger partial charge in [0.2, 0.25) is 0 Å². The minimum absolute atomic E-state index is 0.301. The molecule has 1 nitrogen and oxygen atoms in total. The molecule has 0 fully saturated rings. The standard InChI is InChI=1S/C11H19NS/c1-9(12)7-11(2,3)8-10-5-4-6-13-10/h4-6,9H,7-8,12H2,1-3H3. The predicted molar refractivity (Wildman–Crippen MR) is 60.1 cm³/mol. The molecule has 1 aromatic heterocycles. The van der Waals surface area contributed by atoms with Crippen LogP contribution in [0.3, 0.4) is 0 Å². The highest BCUT2D eigenvalue weighted by Crippen LogP contribution is 2.28. The number of nitrogens with two attached hydrogens (primary N) is 1. The summed E-state index contributed by atoms with van der Waals surface area (Å²) in [5.74, 6) is 0. The number of thiophene rings is 1. The molecule has 0 saturated heterocycles. The van der Waals surface area contributed by atoms with E-state index >= 15 is 0 Å². The maximum atomic E-state index is 5.81. The second-order valence-electron chi connectivity index (χ2n) is 4.60. The molecule has 1 rings (SSSR count). The molecule has 1 atom stereocenters. The van der Waals surface area contributed by atoms with Crippen LogP contribution in [0.5, 0.6) is 0 Å². The smallest absolute Gasteiger partial charge is 0.00505 e. The Morgan fingerprint density at radius 3 is 2.69 bits per heavy atom. The molecule has 0 aliphatic carbocycles. The van der Waals surface area contributed by atoms with Gasteiger partial charge in [-0.3, -0.25) is 0 Å². The van der Waals surface area contributed by atoms with E-state index in [2.05, 4.69) is 38.3 Å². The first-order valence-corrected chi connectivity index (χ1v) is 5.65. The molecule has 0 aliphatic heterocycles. The third kappa shape index (κ3) is 3.92. The van der Waals surface area contributed by atoms with Crippen molar-refractivity contribution >= 4 is 11.3 Å². The average Bonchev–Trinajstić information content (AvgIpc) is 2.34. The molecule has 0 spiro atoms. The second-order valence-corrected chi connectivity index (χ2v) is 5.63. The van der Waals surface area contributed by atoms with E-state index in [0.29, 0.717) is 11.5 Å². The van der Waals surface area contributed by atoms with E-state index in [4.69, 9.17) is 5.73 Å². The summed E-state index contributed by atoms with van der Waals surface area (Å²) in [6.45, 7) is 6.66. The van der Waals surface area contributed by atoms with Gasteiger partial charge in [0, 0.05) is 10.9 Å². The zero-order chi connectivity index (χ0) is 9.90. The lowest BCUT2D eigenvalue weighted by Crippen LogP contribution is -2.26. The van der Waals surface area contributed by atoms with Gasteiger partial charge < -0.3 is 5.73 Å². The van der Waals surface area contributed by atoms with E-state index in [9.17, 15) is 0 Å². The number of rotatable bonds is 4. The van der Waals surface area contributed by atoms with Gasteiger partial charge >= 0.3 is 0 Å². The maximum absolute atomic E-state index is 5.81. The van der Waals surface area contributed by atoms with Gasteiger partial charge in [-0.05, 0) is 36.6 Å². The average molecular weight is 197 g/mol. The molecular formula is C11H19NS. The summed E-state index contributed by atoms with van der Waals surface area (Å²) >= 11 is 1.84. The Kier molecular flexibility index (Phi) is 3.51. The molecule has 0 bridgehead atoms. The Balaban J connectivity index is 2.51. The van der Waals surface area contributed by atoms with E-state index < -0.39 is 0 Å². The number of hydrogen-bond acceptors (Lipinski definition) is 2. The van der Waals surface area contributed by atoms with E-state index in [-0.39, 0.29) is 0 Å². The highest BCUT2D eigenvalue weighted by molar-refractivity contribution is 7.09. The zero-order valence-electron chi connectivity index (χ0n) is 8.71. The quantitative estimate of drug-likeness (QED) is 0.789. The molecule has 0 aliphatic rings. The van der Waals surface area contributed by atoms with Crippen molar-refractivity contribution in [1.29, 1.82) is 0 Å². The van der Waals surface area contributed by atoms with Crippen molar-refractivity contribution in [3.8, 4) is 0 Å². The Morgan fingerprint density at radius 1 is 1.54 bits per heavy atom. The molecule has 0 saturated carbocycles. The summed E-state index contributed by atoms with van der Waals surface area (Å²) in [5, 5.41) is 2.14. The summed E-state index contributed by atoms with van der Waals surface area (Å²) in [4.78, 5) is 1.46. The van der Waals surface area contributed by atoms with Gasteiger partial charge in [0.1, 0.15) is 0 Å². The summed E-state index contributed by atoms with van der Waals surface area (Å²) in [6.07, 6.45) is 2.23. The molecule has 74 valence electrons. The monoisotopic (exact) mass is 197 g/mol. The van der Waals surface area contributed by atoms with Crippen molar-refractivity contribution in [1.82, 2.24) is 0 Å². The second kappa shape index (κ2) is 4.25. The molecule has 0 amide bonds. The molecule has 13 heavy (non-hydrogen) atoms. The van der Waals surface area contributed by atoms with Crippen LogP contribution in [-0.4, -0.2) is 6.04 Å². The van der Waals surface area contributed by atoms with Gasteiger partial charge in [-0.25, -0.2) is 0 Å². The topological polar surface area (TPSA) is 26.0 Å². The molecule has 1 unspecified atom stereocenters. The molecule has 0 radical (unpaired) electrons. The van der Waals surface area contributed by atoms with Crippen LogP contribution in [0, 0.1) is 5.41 Å². The van der Waals surface area contributed by atoms with Crippen molar-refractivity contribution in [2.75, 3.05) is 0 Å². The molecule has 0 aromatic carbocycles. The van der Waals surface area contributed by atoms with Crippen LogP contribution in [0.4, 0.5) is 0 Å². The largest absolute Gasteiger partial charge is 0.328 e. The van der Waals surface area contributed by atoms with Crippen molar-refractivity contribution in [2.24, 2.45) is 11.1 Å². The van der Waals surface area contributed by atoms with Crippen LogP contribution < -0.4 is 5.73 Å². The van der Waals surface area contributed by atoms with E-state index in [0.717, 1.165) is 12.8 Å². The first-order valence-electron chi connectivity index (χ1n) is 4.77. The molecule has 2 heteroatoms. The normalized spacial score (nSPS) is 14.5. The summed E-state index contributed by atoms with van der Waals surface area (Å²) in [6, 6.07) is 4.62. The van der Waals surface area contributed by atoms with Crippen molar-refractivity contribution < 1.29 is 0 Å². The van der Waals surface area contributed by atoms with Gasteiger partial charge in [0.05, 0.1) is 0 Å². The third-order valence-corrected chi connectivity index (χ3v) is 2.98. The minimum Gasteiger partial charge on any atom is -0.328 e. The van der Waals surface area contributed by atoms with Crippen molar-refractivity contribution in [3.05, 3.63) is 22.4 Å². The fraction of sp³-hybridized carbons (Fsp3) is 0.636. The van der Waals surface area contributed by atoms with Gasteiger partial charge in [-0.2, -0.15) is 0 Å². The van der Waals surface area contributed by atoms with E-state index in [1.165, 1.54) is 4.88 Å². The summed E-state index contributed by atoms with van der Waals surface area (Å²) < 4.78 is 0. The van der Waals surface area contributed by atoms with Gasteiger partial charge in [-0.15, -0.1) is 11.3 Å². The highest BCUT2D eigenvalue weighted by atomic mass is 32.1. The summed E-state index contributed by atoms with van der Waals surface area (Å²) in [7, 11) is 0. The molecule has 2 N–H and O–H groups in total. The van der Waals surface area contributed by atoms with E-state index in [1.54, 1.807) is 0 Å². The first-order chi connectivity index (χ1) is 5.99. The van der Waals surface area contributed by atoms with Crippen molar-refractivity contribution in [2.45, 2.75) is 39.7 Å². The van der Waals surface area contributed by atoms with Gasteiger partial charge in [0.25, 0.3) is 0 Å². The zero-order valence-corrected chi connectivity index (χ0v) is 9.53. The fourth-order valence-corrected chi connectivity index (χ4v) is 2.79. The maximum Gasteiger partial charge on any atom is 0.00505 e. The third-order valence-electron chi connectivity index (χ3n) is 2.11. The van der Waals surface area contributed by atoms with Gasteiger partial charge in [0.15, 0.2) is 0 Å². The predicted octanol–water partition coefficient (Wildman–Crippen LogP) is 3.05. The Labute approximate surface area is 85.0 Å². The fourth-order valence-electron chi connectivity index (χ4n) is 1.83. The van der Waals surface area contributed by atoms with Crippen LogP contribution in [0.15, 0.2) is 17.5 Å². The number of hydrogen-bond donors (Lipinski definition) is 1. The first kappa shape index (κ1) is 10.7. The van der Waals surface area contributed by atoms with E-state index in [1.807, 2.05) is 11.3 Å². The SMILES string of the molecule is CC(N)CC(C)(C)Cc1cccs1. The van der Waals surface area contributed by atoms with Crippen LogP contribution >= 0.6 is 11.3 Å². The molecule has 1 heterocycles. The van der Waals surface area contributed by atoms with Crippen molar-refractivity contribution in [3.63, 3.8) is 0 Å². The lowest BCUT2D eigenvalue weighted by atomic mass is 9.83. The summed E-state index contributed by atoms with van der Waals surface area (Å²) in [5.41, 5.74) is 6.14. The Bertz CT molecular complexity index is 237. The Morgan fingerprint density at radius 2 is 2.23 bits per heavy atom. The minimum atomic E-state index is 0.301. The van der Waals surface area contributed by atoms with Crippen LogP contribution in [0.1, 0.15) is 32.1 Å². The van der Waals surface area contributed by atoms with Crippen LogP contribution in [0.25, 0.3) is 0 Å². The Hall–Kier alpha value is -0.340. The lowest BCUT2D eigenvalue weighted by Gasteiger charge is -2.25. The van der Waals surface area contributed by atoms with Crippen LogP contribution in [-0.2, 0) is 6.42 Å². The van der Waals surface area contributed by atoms with Crippen LogP contribution in [0.2, 0.25) is 0 Å². The molecular weight excluding hydrogens is 178 g/mol. The highest BCUT2D eigenvalue weighted by Gasteiger charge is 2.20. The van der Waals surface area contributed by atoms with Gasteiger partial charge in [-0.1, -0.05) is 19.9 Å².